The first-order valence-corrected chi connectivity index (χ1v) is 5.94. The molecule has 0 radical (unpaired) electrons. The molecule has 0 saturated heterocycles. The van der Waals surface area contributed by atoms with E-state index >= 15 is 0 Å². The fraction of sp³-hybridized carbons (Fsp3) is 0.308. The second kappa shape index (κ2) is 5.19. The summed E-state index contributed by atoms with van der Waals surface area (Å²) in [6.45, 7) is 4.59. The van der Waals surface area contributed by atoms with Crippen LogP contribution in [0.2, 0.25) is 0 Å². The van der Waals surface area contributed by atoms with Gasteiger partial charge in [-0.1, -0.05) is 29.0 Å². The molecular weight excluding hydrogens is 244 g/mol. The first-order chi connectivity index (χ1) is 9.02. The molecule has 19 heavy (non-hydrogen) atoms. The van der Waals surface area contributed by atoms with Crippen LogP contribution in [0.3, 0.4) is 0 Å². The number of rotatable bonds is 4. The van der Waals surface area contributed by atoms with Gasteiger partial charge in [0.1, 0.15) is 0 Å². The number of carbonyl (C=O) groups is 1. The average molecular weight is 260 g/mol. The van der Waals surface area contributed by atoms with Crippen molar-refractivity contribution in [3.63, 3.8) is 0 Å². The SMILES string of the molecule is Cc1ccc(C)c(Cn2nnc(C(=O)O)c2CN)c1. The highest BCUT2D eigenvalue weighted by atomic mass is 16.4. The van der Waals surface area contributed by atoms with Crippen LogP contribution in [0, 0.1) is 13.8 Å². The summed E-state index contributed by atoms with van der Waals surface area (Å²) in [6, 6.07) is 6.12. The Bertz CT molecular complexity index is 619. The summed E-state index contributed by atoms with van der Waals surface area (Å²) >= 11 is 0. The maximum atomic E-state index is 11.0. The summed E-state index contributed by atoms with van der Waals surface area (Å²) in [5.41, 5.74) is 9.31. The van der Waals surface area contributed by atoms with Gasteiger partial charge in [0.2, 0.25) is 0 Å². The van der Waals surface area contributed by atoms with Crippen molar-refractivity contribution >= 4 is 5.97 Å². The van der Waals surface area contributed by atoms with Gasteiger partial charge in [-0.3, -0.25) is 0 Å². The van der Waals surface area contributed by atoms with Crippen molar-refractivity contribution < 1.29 is 9.90 Å². The van der Waals surface area contributed by atoms with Crippen molar-refractivity contribution in [2.45, 2.75) is 26.9 Å². The number of nitrogens with zero attached hydrogens (tertiary/aromatic N) is 3. The Morgan fingerprint density at radius 2 is 2.16 bits per heavy atom. The van der Waals surface area contributed by atoms with E-state index in [1.807, 2.05) is 26.0 Å². The van der Waals surface area contributed by atoms with E-state index in [1.165, 1.54) is 0 Å². The number of nitrogens with two attached hydrogens (primary N) is 1. The molecule has 0 unspecified atom stereocenters. The third kappa shape index (κ3) is 2.63. The zero-order valence-electron chi connectivity index (χ0n) is 10.9. The molecule has 0 aliphatic heterocycles. The molecule has 0 bridgehead atoms. The van der Waals surface area contributed by atoms with Crippen molar-refractivity contribution in [1.82, 2.24) is 15.0 Å². The molecule has 100 valence electrons. The molecule has 1 aromatic carbocycles. The second-order valence-electron chi connectivity index (χ2n) is 4.48. The average Bonchev–Trinajstić information content (AvgIpc) is 2.76. The molecule has 0 saturated carbocycles. The Labute approximate surface area is 110 Å². The third-order valence-corrected chi connectivity index (χ3v) is 3.06. The molecule has 0 amide bonds. The number of aromatic carboxylic acids is 1. The molecule has 2 rings (SSSR count). The standard InChI is InChI=1S/C13H16N4O2/c1-8-3-4-9(2)10(5-8)7-17-11(6-14)12(13(18)19)15-16-17/h3-5H,6-7,14H2,1-2H3,(H,18,19). The predicted octanol–water partition coefficient (Wildman–Crippen LogP) is 1.10. The van der Waals surface area contributed by atoms with Crippen LogP contribution in [-0.2, 0) is 13.1 Å². The molecule has 0 aliphatic carbocycles. The van der Waals surface area contributed by atoms with Crippen LogP contribution in [-0.4, -0.2) is 26.1 Å². The summed E-state index contributed by atoms with van der Waals surface area (Å²) in [5.74, 6) is -1.10. The van der Waals surface area contributed by atoms with Crippen molar-refractivity contribution in [1.29, 1.82) is 0 Å². The van der Waals surface area contributed by atoms with Gasteiger partial charge in [0.25, 0.3) is 0 Å². The Kier molecular flexibility index (Phi) is 3.62. The van der Waals surface area contributed by atoms with Crippen LogP contribution in [0.25, 0.3) is 0 Å². The van der Waals surface area contributed by atoms with Crippen molar-refractivity contribution in [2.24, 2.45) is 5.73 Å². The lowest BCUT2D eigenvalue weighted by Crippen LogP contribution is -2.13. The Morgan fingerprint density at radius 3 is 2.79 bits per heavy atom. The lowest BCUT2D eigenvalue weighted by molar-refractivity contribution is 0.0689. The highest BCUT2D eigenvalue weighted by Crippen LogP contribution is 2.14. The van der Waals surface area contributed by atoms with Crippen LogP contribution in [0.1, 0.15) is 32.9 Å². The van der Waals surface area contributed by atoms with Gasteiger partial charge < -0.3 is 10.8 Å². The van der Waals surface area contributed by atoms with E-state index in [4.69, 9.17) is 10.8 Å². The summed E-state index contributed by atoms with van der Waals surface area (Å²) in [5, 5.41) is 16.6. The van der Waals surface area contributed by atoms with Gasteiger partial charge in [-0.2, -0.15) is 0 Å². The van der Waals surface area contributed by atoms with E-state index < -0.39 is 5.97 Å². The highest BCUT2D eigenvalue weighted by Gasteiger charge is 2.18. The van der Waals surface area contributed by atoms with E-state index in [0.717, 1.165) is 16.7 Å². The largest absolute Gasteiger partial charge is 0.476 e. The number of carboxylic acid groups (broad SMARTS) is 1. The van der Waals surface area contributed by atoms with Gasteiger partial charge in [0, 0.05) is 6.54 Å². The zero-order valence-corrected chi connectivity index (χ0v) is 10.9. The number of benzene rings is 1. The first kappa shape index (κ1) is 13.2. The second-order valence-corrected chi connectivity index (χ2v) is 4.48. The Balaban J connectivity index is 2.38. The number of carboxylic acids is 1. The van der Waals surface area contributed by atoms with Crippen LogP contribution in [0.4, 0.5) is 0 Å². The molecular formula is C13H16N4O2. The molecule has 0 aliphatic rings. The fourth-order valence-electron chi connectivity index (χ4n) is 1.96. The predicted molar refractivity (Wildman–Crippen MR) is 69.9 cm³/mol. The Morgan fingerprint density at radius 1 is 1.42 bits per heavy atom. The molecule has 6 nitrogen and oxygen atoms in total. The van der Waals surface area contributed by atoms with Gasteiger partial charge in [-0.25, -0.2) is 9.48 Å². The molecule has 6 heteroatoms. The molecule has 0 atom stereocenters. The van der Waals surface area contributed by atoms with Gasteiger partial charge in [0.05, 0.1) is 12.2 Å². The normalized spacial score (nSPS) is 10.7. The monoisotopic (exact) mass is 260 g/mol. The third-order valence-electron chi connectivity index (χ3n) is 3.06. The number of aromatic nitrogens is 3. The van der Waals surface area contributed by atoms with Crippen molar-refractivity contribution in [3.8, 4) is 0 Å². The molecule has 1 aromatic heterocycles. The first-order valence-electron chi connectivity index (χ1n) is 5.94. The van der Waals surface area contributed by atoms with E-state index in [2.05, 4.69) is 16.4 Å². The molecule has 2 aromatic rings. The number of aryl methyl sites for hydroxylation is 2. The minimum Gasteiger partial charge on any atom is -0.476 e. The quantitative estimate of drug-likeness (QED) is 0.858. The van der Waals surface area contributed by atoms with Gasteiger partial charge in [0.15, 0.2) is 5.69 Å². The lowest BCUT2D eigenvalue weighted by Gasteiger charge is -2.09. The van der Waals surface area contributed by atoms with Crippen molar-refractivity contribution in [2.75, 3.05) is 0 Å². The molecule has 0 spiro atoms. The van der Waals surface area contributed by atoms with E-state index in [9.17, 15) is 4.79 Å². The molecule has 1 heterocycles. The maximum absolute atomic E-state index is 11.0. The minimum atomic E-state index is -1.10. The van der Waals surface area contributed by atoms with Crippen molar-refractivity contribution in [3.05, 3.63) is 46.3 Å². The summed E-state index contributed by atoms with van der Waals surface area (Å²) in [4.78, 5) is 11.0. The lowest BCUT2D eigenvalue weighted by atomic mass is 10.1. The number of hydrogen-bond donors (Lipinski definition) is 2. The molecule has 3 N–H and O–H groups in total. The van der Waals surface area contributed by atoms with Crippen LogP contribution in [0.15, 0.2) is 18.2 Å². The highest BCUT2D eigenvalue weighted by molar-refractivity contribution is 5.86. The molecule has 0 fully saturated rings. The Hall–Kier alpha value is -2.21. The minimum absolute atomic E-state index is 0.0761. The van der Waals surface area contributed by atoms with Gasteiger partial charge in [-0.15, -0.1) is 5.10 Å². The van der Waals surface area contributed by atoms with E-state index in [0.29, 0.717) is 12.2 Å². The van der Waals surface area contributed by atoms with Gasteiger partial charge >= 0.3 is 5.97 Å². The maximum Gasteiger partial charge on any atom is 0.358 e. The van der Waals surface area contributed by atoms with E-state index in [-0.39, 0.29) is 12.2 Å². The smallest absolute Gasteiger partial charge is 0.358 e. The fourth-order valence-corrected chi connectivity index (χ4v) is 1.96. The number of hydrogen-bond acceptors (Lipinski definition) is 4. The van der Waals surface area contributed by atoms with Crippen LogP contribution in [0.5, 0.6) is 0 Å². The van der Waals surface area contributed by atoms with Crippen LogP contribution < -0.4 is 5.73 Å². The summed E-state index contributed by atoms with van der Waals surface area (Å²) < 4.78 is 1.55. The van der Waals surface area contributed by atoms with Gasteiger partial charge in [-0.05, 0) is 25.0 Å². The topological polar surface area (TPSA) is 94.0 Å². The summed E-state index contributed by atoms with van der Waals surface area (Å²) in [7, 11) is 0. The van der Waals surface area contributed by atoms with E-state index in [1.54, 1.807) is 4.68 Å². The van der Waals surface area contributed by atoms with Crippen LogP contribution >= 0.6 is 0 Å². The zero-order chi connectivity index (χ0) is 14.0. The summed E-state index contributed by atoms with van der Waals surface area (Å²) in [6.07, 6.45) is 0.